The summed E-state index contributed by atoms with van der Waals surface area (Å²) in [5, 5.41) is 6.81. The molecular formula is C23H34FIN6. The molecule has 2 N–H and O–H groups in total. The molecule has 0 amide bonds. The van der Waals surface area contributed by atoms with Crippen LogP contribution in [0.1, 0.15) is 32.3 Å². The zero-order valence-corrected chi connectivity index (χ0v) is 21.0. The smallest absolute Gasteiger partial charge is 0.191 e. The molecule has 31 heavy (non-hydrogen) atoms. The molecule has 1 aliphatic rings. The lowest BCUT2D eigenvalue weighted by Crippen LogP contribution is -2.48. The molecule has 1 aromatic carbocycles. The molecule has 8 heteroatoms. The van der Waals surface area contributed by atoms with Gasteiger partial charge in [0.1, 0.15) is 11.6 Å². The number of halogens is 2. The summed E-state index contributed by atoms with van der Waals surface area (Å²) >= 11 is 0. The largest absolute Gasteiger partial charge is 0.370 e. The lowest BCUT2D eigenvalue weighted by Gasteiger charge is -2.33. The highest BCUT2D eigenvalue weighted by molar-refractivity contribution is 14.0. The Labute approximate surface area is 202 Å². The fourth-order valence-corrected chi connectivity index (χ4v) is 3.85. The van der Waals surface area contributed by atoms with Gasteiger partial charge in [-0.05, 0) is 56.5 Å². The average Bonchev–Trinajstić information content (AvgIpc) is 2.79. The molecule has 1 fully saturated rings. The number of guanidine groups is 1. The summed E-state index contributed by atoms with van der Waals surface area (Å²) in [6.45, 7) is 8.11. The first-order chi connectivity index (χ1) is 14.6. The molecule has 1 aromatic heterocycles. The highest BCUT2D eigenvalue weighted by Gasteiger charge is 2.20. The summed E-state index contributed by atoms with van der Waals surface area (Å²) in [5.41, 5.74) is 1.56. The van der Waals surface area contributed by atoms with Crippen molar-refractivity contribution < 1.29 is 4.39 Å². The normalized spacial score (nSPS) is 14.7. The highest BCUT2D eigenvalue weighted by Crippen LogP contribution is 2.20. The molecule has 3 rings (SSSR count). The molecule has 0 spiro atoms. The van der Waals surface area contributed by atoms with Gasteiger partial charge in [0.25, 0.3) is 0 Å². The van der Waals surface area contributed by atoms with Crippen molar-refractivity contribution in [3.05, 3.63) is 54.0 Å². The van der Waals surface area contributed by atoms with E-state index in [9.17, 15) is 4.39 Å². The van der Waals surface area contributed by atoms with Crippen LogP contribution in [-0.2, 0) is 6.54 Å². The Morgan fingerprint density at radius 1 is 1.19 bits per heavy atom. The van der Waals surface area contributed by atoms with E-state index in [-0.39, 0.29) is 29.8 Å². The Balaban J connectivity index is 0.00000341. The van der Waals surface area contributed by atoms with Crippen molar-refractivity contribution in [2.45, 2.75) is 39.3 Å². The second kappa shape index (κ2) is 12.7. The first kappa shape index (κ1) is 25.2. The first-order valence-corrected chi connectivity index (χ1v) is 10.8. The second-order valence-corrected chi connectivity index (χ2v) is 7.48. The molecule has 2 aromatic rings. The molecule has 0 aliphatic carbocycles. The van der Waals surface area contributed by atoms with E-state index >= 15 is 0 Å². The predicted octanol–water partition coefficient (Wildman–Crippen LogP) is 4.02. The standard InChI is InChI=1S/C23H33FN6.HI/c1-4-29(5-2)21-10-9-18(16-20(21)24)17-27-23(25-3)28-19-11-14-30(15-12-19)22-8-6-7-13-26-22;/h6-10,13,16,19H,4-5,11-12,14-15,17H2,1-3H3,(H2,25,27,28);1H. The Kier molecular flexibility index (Phi) is 10.3. The number of aromatic nitrogens is 1. The van der Waals surface area contributed by atoms with Gasteiger partial charge >= 0.3 is 0 Å². The Bertz CT molecular complexity index is 820. The molecule has 1 saturated heterocycles. The van der Waals surface area contributed by atoms with Crippen LogP contribution in [0.2, 0.25) is 0 Å². The zero-order valence-electron chi connectivity index (χ0n) is 18.6. The number of pyridine rings is 1. The summed E-state index contributed by atoms with van der Waals surface area (Å²) in [6.07, 6.45) is 3.87. The Morgan fingerprint density at radius 3 is 2.52 bits per heavy atom. The fraction of sp³-hybridized carbons (Fsp3) is 0.478. The predicted molar refractivity (Wildman–Crippen MR) is 138 cm³/mol. The first-order valence-electron chi connectivity index (χ1n) is 10.8. The molecule has 170 valence electrons. The van der Waals surface area contributed by atoms with Gasteiger partial charge in [0.2, 0.25) is 0 Å². The number of piperidine rings is 1. The molecule has 0 unspecified atom stereocenters. The van der Waals surface area contributed by atoms with E-state index in [4.69, 9.17) is 0 Å². The van der Waals surface area contributed by atoms with Crippen molar-refractivity contribution in [3.63, 3.8) is 0 Å². The average molecular weight is 540 g/mol. The number of aliphatic imine (C=N–C) groups is 1. The number of anilines is 2. The van der Waals surface area contributed by atoms with Crippen molar-refractivity contribution in [1.82, 2.24) is 15.6 Å². The summed E-state index contributed by atoms with van der Waals surface area (Å²) < 4.78 is 14.5. The number of hydrogen-bond donors (Lipinski definition) is 2. The van der Waals surface area contributed by atoms with Gasteiger partial charge in [0.15, 0.2) is 5.96 Å². The lowest BCUT2D eigenvalue weighted by molar-refractivity contribution is 0.459. The number of hydrogen-bond acceptors (Lipinski definition) is 4. The minimum atomic E-state index is -0.178. The minimum absolute atomic E-state index is 0. The second-order valence-electron chi connectivity index (χ2n) is 7.48. The summed E-state index contributed by atoms with van der Waals surface area (Å²) in [5.74, 6) is 1.61. The molecule has 0 atom stereocenters. The van der Waals surface area contributed by atoms with Crippen molar-refractivity contribution in [1.29, 1.82) is 0 Å². The van der Waals surface area contributed by atoms with Gasteiger partial charge in [0, 0.05) is 52.0 Å². The van der Waals surface area contributed by atoms with Crippen LogP contribution in [0.15, 0.2) is 47.6 Å². The van der Waals surface area contributed by atoms with Crippen LogP contribution in [0.4, 0.5) is 15.9 Å². The van der Waals surface area contributed by atoms with Crippen LogP contribution in [0, 0.1) is 5.82 Å². The van der Waals surface area contributed by atoms with E-state index in [1.165, 1.54) is 0 Å². The maximum absolute atomic E-state index is 14.5. The van der Waals surface area contributed by atoms with E-state index in [1.807, 2.05) is 49.2 Å². The van der Waals surface area contributed by atoms with Crippen LogP contribution in [0.3, 0.4) is 0 Å². The molecule has 0 bridgehead atoms. The third-order valence-corrected chi connectivity index (χ3v) is 5.61. The highest BCUT2D eigenvalue weighted by atomic mass is 127. The lowest BCUT2D eigenvalue weighted by atomic mass is 10.1. The Hall–Kier alpha value is -2.10. The number of nitrogens with zero attached hydrogens (tertiary/aromatic N) is 4. The van der Waals surface area contributed by atoms with Crippen LogP contribution in [0.25, 0.3) is 0 Å². The summed E-state index contributed by atoms with van der Waals surface area (Å²) in [4.78, 5) is 13.1. The topological polar surface area (TPSA) is 55.8 Å². The van der Waals surface area contributed by atoms with E-state index in [0.717, 1.165) is 56.4 Å². The summed E-state index contributed by atoms with van der Waals surface area (Å²) in [7, 11) is 1.77. The van der Waals surface area contributed by atoms with Crippen molar-refractivity contribution >= 4 is 41.4 Å². The van der Waals surface area contributed by atoms with Crippen LogP contribution in [-0.4, -0.2) is 50.2 Å². The molecule has 0 saturated carbocycles. The maximum atomic E-state index is 14.5. The van der Waals surface area contributed by atoms with E-state index in [2.05, 4.69) is 31.6 Å². The quantitative estimate of drug-likeness (QED) is 0.316. The monoisotopic (exact) mass is 540 g/mol. The van der Waals surface area contributed by atoms with Gasteiger partial charge in [0.05, 0.1) is 5.69 Å². The summed E-state index contributed by atoms with van der Waals surface area (Å²) in [6, 6.07) is 11.8. The molecule has 2 heterocycles. The van der Waals surface area contributed by atoms with Crippen molar-refractivity contribution in [3.8, 4) is 0 Å². The van der Waals surface area contributed by atoms with Gasteiger partial charge in [-0.3, -0.25) is 4.99 Å². The fourth-order valence-electron chi connectivity index (χ4n) is 3.85. The molecule has 0 radical (unpaired) electrons. The van der Waals surface area contributed by atoms with Crippen LogP contribution >= 0.6 is 24.0 Å². The Morgan fingerprint density at radius 2 is 1.94 bits per heavy atom. The molecule has 6 nitrogen and oxygen atoms in total. The zero-order chi connectivity index (χ0) is 21.3. The van der Waals surface area contributed by atoms with Crippen LogP contribution < -0.4 is 20.4 Å². The van der Waals surface area contributed by atoms with Gasteiger partial charge in [-0.1, -0.05) is 12.1 Å². The SMILES string of the molecule is CCN(CC)c1ccc(CNC(=NC)NC2CCN(c3ccccn3)CC2)cc1F.I. The third kappa shape index (κ3) is 6.95. The van der Waals surface area contributed by atoms with Gasteiger partial charge in [-0.2, -0.15) is 0 Å². The van der Waals surface area contributed by atoms with Gasteiger partial charge < -0.3 is 20.4 Å². The van der Waals surface area contributed by atoms with Crippen molar-refractivity contribution in [2.24, 2.45) is 4.99 Å². The maximum Gasteiger partial charge on any atom is 0.191 e. The third-order valence-electron chi connectivity index (χ3n) is 5.61. The molecular weight excluding hydrogens is 506 g/mol. The van der Waals surface area contributed by atoms with Gasteiger partial charge in [-0.15, -0.1) is 24.0 Å². The van der Waals surface area contributed by atoms with E-state index in [0.29, 0.717) is 18.3 Å². The van der Waals surface area contributed by atoms with Crippen LogP contribution in [0.5, 0.6) is 0 Å². The van der Waals surface area contributed by atoms with E-state index < -0.39 is 0 Å². The van der Waals surface area contributed by atoms with Gasteiger partial charge in [-0.25, -0.2) is 9.37 Å². The van der Waals surface area contributed by atoms with Crippen molar-refractivity contribution in [2.75, 3.05) is 43.0 Å². The minimum Gasteiger partial charge on any atom is -0.370 e. The number of nitrogens with one attached hydrogen (secondary N) is 2. The molecule has 1 aliphatic heterocycles. The number of benzene rings is 1. The van der Waals surface area contributed by atoms with E-state index in [1.54, 1.807) is 13.1 Å². The number of rotatable bonds is 7.